The van der Waals surface area contributed by atoms with E-state index in [0.29, 0.717) is 0 Å². The van der Waals surface area contributed by atoms with E-state index >= 15 is 0 Å². The van der Waals surface area contributed by atoms with Gasteiger partial charge in [-0.2, -0.15) is 0 Å². The molecule has 18 heavy (non-hydrogen) atoms. The predicted molar refractivity (Wildman–Crippen MR) is 72.7 cm³/mol. The topological polar surface area (TPSA) is 58.0 Å². The molecule has 0 aromatic carbocycles. The van der Waals surface area contributed by atoms with Gasteiger partial charge in [0.05, 0.1) is 0 Å². The molecule has 1 aliphatic rings. The third kappa shape index (κ3) is 2.64. The van der Waals surface area contributed by atoms with Crippen molar-refractivity contribution in [2.45, 2.75) is 46.5 Å². The van der Waals surface area contributed by atoms with Crippen molar-refractivity contribution in [2.24, 2.45) is 5.41 Å². The summed E-state index contributed by atoms with van der Waals surface area (Å²) in [4.78, 5) is 8.83. The van der Waals surface area contributed by atoms with E-state index in [0.717, 1.165) is 35.9 Å². The first kappa shape index (κ1) is 13.3. The first-order valence-corrected chi connectivity index (χ1v) is 6.73. The first-order valence-electron chi connectivity index (χ1n) is 6.73. The number of hydrogen-bond donors (Lipinski definition) is 2. The monoisotopic (exact) mass is 249 g/mol. The Morgan fingerprint density at radius 2 is 1.94 bits per heavy atom. The summed E-state index contributed by atoms with van der Waals surface area (Å²) in [6.45, 7) is 7.18. The lowest BCUT2D eigenvalue weighted by Gasteiger charge is -2.42. The molecule has 1 aromatic rings. The molecule has 0 radical (unpaired) electrons. The Bertz CT molecular complexity index is 427. The summed E-state index contributed by atoms with van der Waals surface area (Å²) in [6, 6.07) is 0. The molecule has 0 bridgehead atoms. The average molecular weight is 249 g/mol. The highest BCUT2D eigenvalue weighted by Crippen LogP contribution is 2.43. The van der Waals surface area contributed by atoms with Gasteiger partial charge in [0, 0.05) is 24.4 Å². The fourth-order valence-corrected chi connectivity index (χ4v) is 2.64. The van der Waals surface area contributed by atoms with E-state index in [1.54, 1.807) is 0 Å². The van der Waals surface area contributed by atoms with Crippen LogP contribution < -0.4 is 5.32 Å². The number of aliphatic hydroxyl groups excluding tert-OH is 1. The summed E-state index contributed by atoms with van der Waals surface area (Å²) in [6.07, 6.45) is 4.59. The average Bonchev–Trinajstić information content (AvgIpc) is 2.28. The molecule has 0 unspecified atom stereocenters. The Labute approximate surface area is 109 Å². The fraction of sp³-hybridized carbons (Fsp3) is 0.714. The maximum absolute atomic E-state index is 9.15. The zero-order valence-corrected chi connectivity index (χ0v) is 11.6. The lowest BCUT2D eigenvalue weighted by Crippen LogP contribution is -2.37. The fourth-order valence-electron chi connectivity index (χ4n) is 2.64. The quantitative estimate of drug-likeness (QED) is 0.841. The van der Waals surface area contributed by atoms with E-state index in [-0.39, 0.29) is 12.0 Å². The highest BCUT2D eigenvalue weighted by Gasteiger charge is 2.36. The molecule has 1 aliphatic carbocycles. The Morgan fingerprint density at radius 3 is 2.50 bits per heavy atom. The van der Waals surface area contributed by atoms with Crippen molar-refractivity contribution in [3.8, 4) is 0 Å². The molecular weight excluding hydrogens is 226 g/mol. The van der Waals surface area contributed by atoms with Gasteiger partial charge < -0.3 is 10.4 Å². The van der Waals surface area contributed by atoms with Gasteiger partial charge in [0.1, 0.15) is 11.6 Å². The predicted octanol–water partition coefficient (Wildman–Crippen LogP) is 2.37. The van der Waals surface area contributed by atoms with E-state index in [2.05, 4.69) is 22.2 Å². The molecule has 2 rings (SSSR count). The number of hydrogen-bond acceptors (Lipinski definition) is 4. The second-order valence-electron chi connectivity index (χ2n) is 5.51. The van der Waals surface area contributed by atoms with Crippen LogP contribution in [0.5, 0.6) is 0 Å². The summed E-state index contributed by atoms with van der Waals surface area (Å²) >= 11 is 0. The minimum atomic E-state index is 0.280. The summed E-state index contributed by atoms with van der Waals surface area (Å²) in [7, 11) is 0. The molecule has 4 nitrogen and oxygen atoms in total. The normalized spacial score (nSPS) is 17.3. The van der Waals surface area contributed by atoms with Crippen LogP contribution in [-0.4, -0.2) is 28.2 Å². The van der Waals surface area contributed by atoms with E-state index < -0.39 is 0 Å². The summed E-state index contributed by atoms with van der Waals surface area (Å²) in [5, 5.41) is 12.6. The van der Waals surface area contributed by atoms with Gasteiger partial charge in [0.25, 0.3) is 0 Å². The second kappa shape index (κ2) is 5.22. The van der Waals surface area contributed by atoms with Gasteiger partial charge in [0.15, 0.2) is 0 Å². The van der Waals surface area contributed by atoms with E-state index in [9.17, 15) is 0 Å². The molecule has 0 spiro atoms. The van der Waals surface area contributed by atoms with Crippen LogP contribution in [-0.2, 0) is 0 Å². The van der Waals surface area contributed by atoms with Crippen molar-refractivity contribution < 1.29 is 5.11 Å². The van der Waals surface area contributed by atoms with Gasteiger partial charge in [-0.1, -0.05) is 6.42 Å². The van der Waals surface area contributed by atoms with E-state index in [1.807, 2.05) is 13.8 Å². The molecule has 0 atom stereocenters. The van der Waals surface area contributed by atoms with Gasteiger partial charge in [-0.15, -0.1) is 0 Å². The molecule has 100 valence electrons. The number of aliphatic hydroxyl groups is 1. The first-order chi connectivity index (χ1) is 8.56. The molecule has 1 saturated carbocycles. The number of rotatable bonds is 5. The largest absolute Gasteiger partial charge is 0.396 e. The van der Waals surface area contributed by atoms with Crippen molar-refractivity contribution in [1.82, 2.24) is 9.97 Å². The third-order valence-electron chi connectivity index (χ3n) is 4.19. The van der Waals surface area contributed by atoms with Crippen LogP contribution in [0.1, 0.15) is 42.8 Å². The molecule has 0 saturated heterocycles. The number of aryl methyl sites for hydroxylation is 2. The molecular formula is C14H23N3O. The molecule has 1 aromatic heterocycles. The number of nitrogens with one attached hydrogen (secondary N) is 1. The second-order valence-corrected chi connectivity index (χ2v) is 5.51. The van der Waals surface area contributed by atoms with Crippen LogP contribution in [0.25, 0.3) is 0 Å². The zero-order valence-electron chi connectivity index (χ0n) is 11.6. The lowest BCUT2D eigenvalue weighted by molar-refractivity contribution is 0.101. The third-order valence-corrected chi connectivity index (χ3v) is 4.19. The van der Waals surface area contributed by atoms with Crippen molar-refractivity contribution in [1.29, 1.82) is 0 Å². The van der Waals surface area contributed by atoms with Crippen LogP contribution in [0.4, 0.5) is 5.82 Å². The standard InChI is InChI=1S/C14H23N3O/c1-10-11(2)16-12(3)17-13(10)15-9-14(7-8-18)5-4-6-14/h18H,4-9H2,1-3H3,(H,15,16,17). The van der Waals surface area contributed by atoms with E-state index in [4.69, 9.17) is 5.11 Å². The molecule has 0 aliphatic heterocycles. The molecule has 4 heteroatoms. The number of anilines is 1. The van der Waals surface area contributed by atoms with Crippen LogP contribution in [0.2, 0.25) is 0 Å². The summed E-state index contributed by atoms with van der Waals surface area (Å²) < 4.78 is 0. The maximum atomic E-state index is 9.15. The number of nitrogens with zero attached hydrogens (tertiary/aromatic N) is 2. The zero-order chi connectivity index (χ0) is 13.2. The highest BCUT2D eigenvalue weighted by molar-refractivity contribution is 5.45. The minimum Gasteiger partial charge on any atom is -0.396 e. The van der Waals surface area contributed by atoms with Crippen LogP contribution in [0.15, 0.2) is 0 Å². The summed E-state index contributed by atoms with van der Waals surface area (Å²) in [5.41, 5.74) is 2.45. The Kier molecular flexibility index (Phi) is 3.85. The van der Waals surface area contributed by atoms with E-state index in [1.165, 1.54) is 19.3 Å². The van der Waals surface area contributed by atoms with Gasteiger partial charge in [-0.25, -0.2) is 9.97 Å². The minimum absolute atomic E-state index is 0.280. The SMILES string of the molecule is Cc1nc(C)c(C)c(NCC2(CCO)CCC2)n1. The Hall–Kier alpha value is -1.16. The molecule has 0 amide bonds. The van der Waals surface area contributed by atoms with Crippen molar-refractivity contribution >= 4 is 5.82 Å². The van der Waals surface area contributed by atoms with Crippen molar-refractivity contribution in [3.05, 3.63) is 17.1 Å². The van der Waals surface area contributed by atoms with Crippen molar-refractivity contribution in [2.75, 3.05) is 18.5 Å². The Morgan fingerprint density at radius 1 is 1.22 bits per heavy atom. The maximum Gasteiger partial charge on any atom is 0.132 e. The molecule has 2 N–H and O–H groups in total. The van der Waals surface area contributed by atoms with Gasteiger partial charge in [0.2, 0.25) is 0 Å². The lowest BCUT2D eigenvalue weighted by atomic mass is 9.67. The molecule has 1 fully saturated rings. The highest BCUT2D eigenvalue weighted by atomic mass is 16.3. The van der Waals surface area contributed by atoms with Crippen LogP contribution >= 0.6 is 0 Å². The van der Waals surface area contributed by atoms with Crippen LogP contribution in [0.3, 0.4) is 0 Å². The van der Waals surface area contributed by atoms with Crippen LogP contribution in [0, 0.1) is 26.2 Å². The van der Waals surface area contributed by atoms with Gasteiger partial charge >= 0.3 is 0 Å². The number of aromatic nitrogens is 2. The van der Waals surface area contributed by atoms with Gasteiger partial charge in [-0.3, -0.25) is 0 Å². The summed E-state index contributed by atoms with van der Waals surface area (Å²) in [5.74, 6) is 1.76. The van der Waals surface area contributed by atoms with Gasteiger partial charge in [-0.05, 0) is 45.4 Å². The van der Waals surface area contributed by atoms with Crippen molar-refractivity contribution in [3.63, 3.8) is 0 Å². The smallest absolute Gasteiger partial charge is 0.132 e. The Balaban J connectivity index is 2.06. The molecule has 1 heterocycles.